The van der Waals surface area contributed by atoms with E-state index in [1.807, 2.05) is 69.6 Å². The lowest BCUT2D eigenvalue weighted by Gasteiger charge is -2.27. The van der Waals surface area contributed by atoms with E-state index < -0.39 is 11.1 Å². The summed E-state index contributed by atoms with van der Waals surface area (Å²) in [5.74, 6) is 0.373. The number of likely N-dealkylation sites (tertiary alicyclic amines) is 1. The van der Waals surface area contributed by atoms with Crippen LogP contribution in [0.3, 0.4) is 0 Å². The number of amides is 2. The number of hydrogen-bond acceptors (Lipinski definition) is 4. The van der Waals surface area contributed by atoms with Gasteiger partial charge in [0.15, 0.2) is 0 Å². The monoisotopic (exact) mass is 474 g/mol. The molecule has 184 valence electrons. The van der Waals surface area contributed by atoms with Crippen molar-refractivity contribution in [3.8, 4) is 0 Å². The number of hydrogen-bond donors (Lipinski definition) is 1. The van der Waals surface area contributed by atoms with Crippen LogP contribution in [0.2, 0.25) is 0 Å². The molecule has 1 aliphatic carbocycles. The van der Waals surface area contributed by atoms with Gasteiger partial charge >= 0.3 is 6.09 Å². The lowest BCUT2D eigenvalue weighted by atomic mass is 9.96. The Morgan fingerprint density at radius 2 is 1.60 bits per heavy atom. The molecule has 0 unspecified atom stereocenters. The molecular weight excluding hydrogens is 440 g/mol. The van der Waals surface area contributed by atoms with Crippen molar-refractivity contribution in [2.24, 2.45) is 17.8 Å². The molecule has 5 rings (SSSR count). The van der Waals surface area contributed by atoms with Gasteiger partial charge in [-0.05, 0) is 58.1 Å². The van der Waals surface area contributed by atoms with Crippen LogP contribution >= 0.6 is 0 Å². The Morgan fingerprint density at radius 1 is 0.971 bits per heavy atom. The van der Waals surface area contributed by atoms with Crippen molar-refractivity contribution in [1.82, 2.24) is 20.0 Å². The van der Waals surface area contributed by atoms with Gasteiger partial charge in [-0.25, -0.2) is 4.79 Å². The number of ether oxygens (including phenoxy) is 1. The Balaban J connectivity index is 1.29. The van der Waals surface area contributed by atoms with Crippen molar-refractivity contribution in [3.05, 3.63) is 65.9 Å². The second kappa shape index (κ2) is 8.40. The fourth-order valence-corrected chi connectivity index (χ4v) is 5.31. The summed E-state index contributed by atoms with van der Waals surface area (Å²) in [6.45, 7) is 11.4. The standard InChI is InChI=1S/C28H34N4O3/c1-27(2,3)35-26(34)31-16-20-21(17-31)23(20)25(33)29-28(4,5)24-19-13-9-10-14-22(19)32(30-24)15-18-11-7-6-8-12-18/h6-14,20-21,23H,15-17H2,1-5H3,(H,29,33)/t20-,21+,23+. The minimum absolute atomic E-state index is 0.0375. The van der Waals surface area contributed by atoms with Gasteiger partial charge in [0.05, 0.1) is 23.3 Å². The van der Waals surface area contributed by atoms with Gasteiger partial charge in [-0.2, -0.15) is 5.10 Å². The van der Waals surface area contributed by atoms with E-state index in [1.165, 1.54) is 5.56 Å². The van der Waals surface area contributed by atoms with E-state index in [2.05, 4.69) is 29.6 Å². The maximum absolute atomic E-state index is 13.3. The van der Waals surface area contributed by atoms with Crippen molar-refractivity contribution >= 4 is 22.9 Å². The van der Waals surface area contributed by atoms with Gasteiger partial charge < -0.3 is 15.0 Å². The van der Waals surface area contributed by atoms with Crippen LogP contribution in [-0.4, -0.2) is 45.4 Å². The molecule has 35 heavy (non-hydrogen) atoms. The fraction of sp³-hybridized carbons (Fsp3) is 0.464. The maximum Gasteiger partial charge on any atom is 0.410 e. The van der Waals surface area contributed by atoms with Gasteiger partial charge in [0.2, 0.25) is 5.91 Å². The van der Waals surface area contributed by atoms with Crippen LogP contribution in [0.1, 0.15) is 45.9 Å². The topological polar surface area (TPSA) is 76.5 Å². The molecule has 2 heterocycles. The number of fused-ring (bicyclic) bond motifs is 2. The lowest BCUT2D eigenvalue weighted by molar-refractivity contribution is -0.125. The SMILES string of the molecule is CC(C)(C)OC(=O)N1C[C@@H]2[C@H](C1)[C@H]2C(=O)NC(C)(C)c1nn(Cc2ccccc2)c2ccccc12. The molecular formula is C28H34N4O3. The third kappa shape index (κ3) is 4.64. The predicted octanol–water partition coefficient (Wildman–Crippen LogP) is 4.55. The molecule has 1 aliphatic heterocycles. The van der Waals surface area contributed by atoms with Crippen molar-refractivity contribution in [3.63, 3.8) is 0 Å². The zero-order chi connectivity index (χ0) is 25.0. The first-order valence-corrected chi connectivity index (χ1v) is 12.3. The average molecular weight is 475 g/mol. The normalized spacial score (nSPS) is 21.6. The summed E-state index contributed by atoms with van der Waals surface area (Å²) >= 11 is 0. The highest BCUT2D eigenvalue weighted by atomic mass is 16.6. The van der Waals surface area contributed by atoms with Gasteiger partial charge in [0.25, 0.3) is 0 Å². The predicted molar refractivity (Wildman–Crippen MR) is 135 cm³/mol. The smallest absolute Gasteiger partial charge is 0.410 e. The second-order valence-corrected chi connectivity index (χ2v) is 11.4. The van der Waals surface area contributed by atoms with E-state index in [0.29, 0.717) is 19.6 Å². The highest BCUT2D eigenvalue weighted by Gasteiger charge is 2.61. The van der Waals surface area contributed by atoms with Crippen molar-refractivity contribution in [2.75, 3.05) is 13.1 Å². The summed E-state index contributed by atoms with van der Waals surface area (Å²) in [6, 6.07) is 18.4. The Bertz CT molecular complexity index is 1250. The average Bonchev–Trinajstić information content (AvgIpc) is 3.11. The maximum atomic E-state index is 13.3. The van der Waals surface area contributed by atoms with Crippen LogP contribution in [0.4, 0.5) is 4.79 Å². The summed E-state index contributed by atoms with van der Waals surface area (Å²) in [5, 5.41) is 9.27. The number of piperidine rings is 1. The van der Waals surface area contributed by atoms with E-state index in [9.17, 15) is 9.59 Å². The van der Waals surface area contributed by atoms with Crippen LogP contribution in [0.5, 0.6) is 0 Å². The molecule has 1 aromatic heterocycles. The number of carbonyl (C=O) groups excluding carboxylic acids is 2. The van der Waals surface area contributed by atoms with Crippen LogP contribution in [-0.2, 0) is 21.6 Å². The van der Waals surface area contributed by atoms with Gasteiger partial charge in [-0.15, -0.1) is 0 Å². The summed E-state index contributed by atoms with van der Waals surface area (Å²) in [5.41, 5.74) is 1.93. The Morgan fingerprint density at radius 3 is 2.26 bits per heavy atom. The molecule has 3 aromatic rings. The van der Waals surface area contributed by atoms with Gasteiger partial charge in [-0.3, -0.25) is 9.48 Å². The molecule has 1 saturated carbocycles. The van der Waals surface area contributed by atoms with E-state index in [4.69, 9.17) is 9.84 Å². The summed E-state index contributed by atoms with van der Waals surface area (Å²) in [6.07, 6.45) is -0.292. The number of nitrogens with one attached hydrogen (secondary N) is 1. The highest BCUT2D eigenvalue weighted by molar-refractivity contribution is 5.87. The largest absolute Gasteiger partial charge is 0.444 e. The molecule has 2 fully saturated rings. The van der Waals surface area contributed by atoms with Gasteiger partial charge in [0, 0.05) is 24.4 Å². The lowest BCUT2D eigenvalue weighted by Crippen LogP contribution is -2.44. The number of aromatic nitrogens is 2. The van der Waals surface area contributed by atoms with Gasteiger partial charge in [-0.1, -0.05) is 48.5 Å². The first-order valence-electron chi connectivity index (χ1n) is 12.3. The third-order valence-corrected chi connectivity index (χ3v) is 7.01. The third-order valence-electron chi connectivity index (χ3n) is 7.01. The first-order chi connectivity index (χ1) is 16.5. The molecule has 2 aromatic carbocycles. The van der Waals surface area contributed by atoms with Crippen molar-refractivity contribution < 1.29 is 14.3 Å². The van der Waals surface area contributed by atoms with Crippen LogP contribution in [0, 0.1) is 17.8 Å². The van der Waals surface area contributed by atoms with E-state index in [1.54, 1.807) is 4.90 Å². The first kappa shape index (κ1) is 23.4. The number of nitrogens with zero attached hydrogens (tertiary/aromatic N) is 3. The molecule has 7 heteroatoms. The highest BCUT2D eigenvalue weighted by Crippen LogP contribution is 2.52. The summed E-state index contributed by atoms with van der Waals surface area (Å²) in [7, 11) is 0. The van der Waals surface area contributed by atoms with E-state index in [0.717, 1.165) is 16.6 Å². The number of rotatable bonds is 5. The number of benzene rings is 2. The Kier molecular flexibility index (Phi) is 5.61. The zero-order valence-electron chi connectivity index (χ0n) is 21.1. The molecule has 2 aliphatic rings. The van der Waals surface area contributed by atoms with E-state index in [-0.39, 0.29) is 29.8 Å². The summed E-state index contributed by atoms with van der Waals surface area (Å²) in [4.78, 5) is 27.4. The minimum atomic E-state index is -0.639. The minimum Gasteiger partial charge on any atom is -0.444 e. The van der Waals surface area contributed by atoms with Crippen molar-refractivity contribution in [1.29, 1.82) is 0 Å². The molecule has 3 atom stereocenters. The molecule has 0 radical (unpaired) electrons. The molecule has 7 nitrogen and oxygen atoms in total. The molecule has 1 saturated heterocycles. The fourth-order valence-electron chi connectivity index (χ4n) is 5.31. The second-order valence-electron chi connectivity index (χ2n) is 11.4. The number of para-hydroxylation sites is 1. The molecule has 2 amide bonds. The van der Waals surface area contributed by atoms with Crippen LogP contribution < -0.4 is 5.32 Å². The Labute approximate surface area is 206 Å². The van der Waals surface area contributed by atoms with Crippen LogP contribution in [0.15, 0.2) is 54.6 Å². The van der Waals surface area contributed by atoms with E-state index >= 15 is 0 Å². The quantitative estimate of drug-likeness (QED) is 0.589. The van der Waals surface area contributed by atoms with Gasteiger partial charge in [0.1, 0.15) is 5.60 Å². The number of carbonyl (C=O) groups is 2. The molecule has 0 spiro atoms. The zero-order valence-corrected chi connectivity index (χ0v) is 21.1. The van der Waals surface area contributed by atoms with Crippen molar-refractivity contribution in [2.45, 2.75) is 52.3 Å². The Hall–Kier alpha value is -3.35. The molecule has 0 bridgehead atoms. The summed E-state index contributed by atoms with van der Waals surface area (Å²) < 4.78 is 7.50. The van der Waals surface area contributed by atoms with Crippen LogP contribution in [0.25, 0.3) is 10.9 Å². The molecule has 1 N–H and O–H groups in total.